The molecule has 2 rings (SSSR count). The summed E-state index contributed by atoms with van der Waals surface area (Å²) >= 11 is 5.95. The Morgan fingerprint density at radius 3 is 2.62 bits per heavy atom. The van der Waals surface area contributed by atoms with E-state index < -0.39 is 17.4 Å². The summed E-state index contributed by atoms with van der Waals surface area (Å²) in [6.07, 6.45) is 0.527. The van der Waals surface area contributed by atoms with Gasteiger partial charge in [-0.25, -0.2) is 9.18 Å². The molecule has 21 heavy (non-hydrogen) atoms. The summed E-state index contributed by atoms with van der Waals surface area (Å²) in [5.41, 5.74) is -0.792. The Hall–Kier alpha value is -1.62. The number of carbonyl (C=O) groups excluding carboxylic acids is 2. The van der Waals surface area contributed by atoms with Gasteiger partial charge >= 0.3 is 6.03 Å². The first-order chi connectivity index (χ1) is 9.74. The van der Waals surface area contributed by atoms with Gasteiger partial charge in [-0.3, -0.25) is 9.69 Å². The van der Waals surface area contributed by atoms with Crippen molar-refractivity contribution in [3.8, 4) is 0 Å². The molecule has 0 radical (unpaired) electrons. The first kappa shape index (κ1) is 15.8. The molecule has 1 aromatic rings. The normalized spacial score (nSPS) is 22.1. The van der Waals surface area contributed by atoms with Crippen LogP contribution in [0.3, 0.4) is 0 Å². The monoisotopic (exact) mass is 312 g/mol. The van der Waals surface area contributed by atoms with Gasteiger partial charge < -0.3 is 5.32 Å². The predicted molar refractivity (Wildman–Crippen MR) is 78.4 cm³/mol. The molecule has 1 fully saturated rings. The van der Waals surface area contributed by atoms with E-state index in [4.69, 9.17) is 11.6 Å². The Bertz CT molecular complexity index is 571. The summed E-state index contributed by atoms with van der Waals surface area (Å²) in [5, 5.41) is 2.89. The Labute approximate surface area is 128 Å². The van der Waals surface area contributed by atoms with Crippen molar-refractivity contribution in [2.24, 2.45) is 5.92 Å². The lowest BCUT2D eigenvalue weighted by Gasteiger charge is -2.23. The molecule has 6 heteroatoms. The van der Waals surface area contributed by atoms with E-state index in [-0.39, 0.29) is 29.0 Å². The van der Waals surface area contributed by atoms with Crippen LogP contribution in [0.4, 0.5) is 9.18 Å². The van der Waals surface area contributed by atoms with Crippen LogP contribution in [-0.2, 0) is 11.3 Å². The molecule has 1 N–H and O–H groups in total. The Morgan fingerprint density at radius 2 is 2.05 bits per heavy atom. The van der Waals surface area contributed by atoms with Crippen molar-refractivity contribution >= 4 is 23.5 Å². The minimum atomic E-state index is -0.941. The summed E-state index contributed by atoms with van der Waals surface area (Å²) in [5.74, 6) is -0.627. The lowest BCUT2D eigenvalue weighted by atomic mass is 9.91. The zero-order valence-corrected chi connectivity index (χ0v) is 13.0. The second-order valence-corrected chi connectivity index (χ2v) is 6.36. The highest BCUT2D eigenvalue weighted by molar-refractivity contribution is 6.31. The molecule has 1 aliphatic rings. The van der Waals surface area contributed by atoms with E-state index in [0.29, 0.717) is 6.42 Å². The fourth-order valence-corrected chi connectivity index (χ4v) is 2.91. The highest BCUT2D eigenvalue weighted by atomic mass is 35.5. The maximum absolute atomic E-state index is 13.8. The van der Waals surface area contributed by atoms with Crippen molar-refractivity contribution in [2.45, 2.75) is 39.3 Å². The van der Waals surface area contributed by atoms with E-state index in [9.17, 15) is 14.0 Å². The molecule has 0 spiro atoms. The van der Waals surface area contributed by atoms with Gasteiger partial charge in [-0.1, -0.05) is 31.5 Å². The average molecular weight is 313 g/mol. The van der Waals surface area contributed by atoms with Crippen molar-refractivity contribution in [1.29, 1.82) is 0 Å². The highest BCUT2D eigenvalue weighted by Gasteiger charge is 2.47. The van der Waals surface area contributed by atoms with Gasteiger partial charge in [0, 0.05) is 10.6 Å². The van der Waals surface area contributed by atoms with Gasteiger partial charge in [0.25, 0.3) is 5.91 Å². The second kappa shape index (κ2) is 5.64. The molecule has 3 amide bonds. The van der Waals surface area contributed by atoms with Crippen molar-refractivity contribution in [3.63, 3.8) is 0 Å². The van der Waals surface area contributed by atoms with Crippen LogP contribution in [0.25, 0.3) is 0 Å². The number of halogens is 2. The third-order valence-electron chi connectivity index (χ3n) is 3.54. The third-order valence-corrected chi connectivity index (χ3v) is 3.89. The standard InChI is InChI=1S/C15H18ClFN2O2/c1-9(2)7-15(3)13(20)19(14(21)18-15)8-10-11(16)5-4-6-12(10)17/h4-6,9H,7-8H2,1-3H3,(H,18,21). The number of hydrogen-bond acceptors (Lipinski definition) is 2. The molecular weight excluding hydrogens is 295 g/mol. The van der Waals surface area contributed by atoms with Crippen LogP contribution in [0, 0.1) is 11.7 Å². The summed E-state index contributed by atoms with van der Waals surface area (Å²) < 4.78 is 13.8. The number of urea groups is 1. The Morgan fingerprint density at radius 1 is 1.38 bits per heavy atom. The fourth-order valence-electron chi connectivity index (χ4n) is 2.69. The summed E-state index contributed by atoms with van der Waals surface area (Å²) in [7, 11) is 0. The van der Waals surface area contributed by atoms with E-state index >= 15 is 0 Å². The molecule has 1 aliphatic heterocycles. The summed E-state index contributed by atoms with van der Waals surface area (Å²) in [4.78, 5) is 25.5. The number of benzene rings is 1. The molecule has 114 valence electrons. The van der Waals surface area contributed by atoms with E-state index in [0.717, 1.165) is 4.90 Å². The van der Waals surface area contributed by atoms with Crippen LogP contribution in [0.2, 0.25) is 5.02 Å². The average Bonchev–Trinajstić information content (AvgIpc) is 2.55. The lowest BCUT2D eigenvalue weighted by Crippen LogP contribution is -2.44. The number of imide groups is 1. The number of nitrogens with zero attached hydrogens (tertiary/aromatic N) is 1. The molecule has 1 atom stereocenters. The van der Waals surface area contributed by atoms with Crippen molar-refractivity contribution in [1.82, 2.24) is 10.2 Å². The molecule has 4 nitrogen and oxygen atoms in total. The van der Waals surface area contributed by atoms with Crippen LogP contribution >= 0.6 is 11.6 Å². The van der Waals surface area contributed by atoms with Gasteiger partial charge in [0.05, 0.1) is 6.54 Å². The zero-order chi connectivity index (χ0) is 15.8. The zero-order valence-electron chi connectivity index (χ0n) is 12.2. The van der Waals surface area contributed by atoms with E-state index in [1.54, 1.807) is 6.92 Å². The molecule has 0 bridgehead atoms. The predicted octanol–water partition coefficient (Wildman–Crippen LogP) is 3.34. The van der Waals surface area contributed by atoms with Crippen LogP contribution in [0.15, 0.2) is 18.2 Å². The van der Waals surface area contributed by atoms with E-state index in [1.807, 2.05) is 13.8 Å². The summed E-state index contributed by atoms with van der Waals surface area (Å²) in [6, 6.07) is 3.76. The van der Waals surface area contributed by atoms with Crippen molar-refractivity contribution < 1.29 is 14.0 Å². The quantitative estimate of drug-likeness (QED) is 0.867. The highest BCUT2D eigenvalue weighted by Crippen LogP contribution is 2.28. The fraction of sp³-hybridized carbons (Fsp3) is 0.467. The minimum Gasteiger partial charge on any atom is -0.323 e. The largest absolute Gasteiger partial charge is 0.325 e. The van der Waals surface area contributed by atoms with E-state index in [2.05, 4.69) is 5.32 Å². The number of carbonyl (C=O) groups is 2. The van der Waals surface area contributed by atoms with Gasteiger partial charge in [0.1, 0.15) is 11.4 Å². The summed E-state index contributed by atoms with van der Waals surface area (Å²) in [6.45, 7) is 5.47. The molecular formula is C15H18ClFN2O2. The number of amides is 3. The van der Waals surface area contributed by atoms with E-state index in [1.165, 1.54) is 18.2 Å². The molecule has 0 aromatic heterocycles. The molecule has 1 heterocycles. The van der Waals surface area contributed by atoms with Gasteiger partial charge in [0.15, 0.2) is 0 Å². The van der Waals surface area contributed by atoms with Crippen LogP contribution in [0.5, 0.6) is 0 Å². The van der Waals surface area contributed by atoms with Crippen LogP contribution < -0.4 is 5.32 Å². The molecule has 1 unspecified atom stereocenters. The molecule has 1 saturated heterocycles. The third kappa shape index (κ3) is 3.02. The Kier molecular flexibility index (Phi) is 4.23. The van der Waals surface area contributed by atoms with Gasteiger partial charge in [0.2, 0.25) is 0 Å². The molecule has 0 aliphatic carbocycles. The van der Waals surface area contributed by atoms with Crippen molar-refractivity contribution in [3.05, 3.63) is 34.6 Å². The second-order valence-electron chi connectivity index (χ2n) is 5.95. The maximum Gasteiger partial charge on any atom is 0.325 e. The first-order valence-corrected chi connectivity index (χ1v) is 7.19. The number of rotatable bonds is 4. The smallest absolute Gasteiger partial charge is 0.323 e. The SMILES string of the molecule is CC(C)CC1(C)NC(=O)N(Cc2c(F)cccc2Cl)C1=O. The molecule has 1 aromatic carbocycles. The number of nitrogens with one attached hydrogen (secondary N) is 1. The van der Waals surface area contributed by atoms with Gasteiger partial charge in [-0.05, 0) is 31.4 Å². The van der Waals surface area contributed by atoms with Crippen molar-refractivity contribution in [2.75, 3.05) is 0 Å². The Balaban J connectivity index is 2.26. The van der Waals surface area contributed by atoms with Crippen LogP contribution in [0.1, 0.15) is 32.8 Å². The lowest BCUT2D eigenvalue weighted by molar-refractivity contribution is -0.131. The maximum atomic E-state index is 13.8. The first-order valence-electron chi connectivity index (χ1n) is 6.81. The molecule has 0 saturated carbocycles. The number of hydrogen-bond donors (Lipinski definition) is 1. The van der Waals surface area contributed by atoms with Gasteiger partial charge in [-0.2, -0.15) is 0 Å². The van der Waals surface area contributed by atoms with Gasteiger partial charge in [-0.15, -0.1) is 0 Å². The van der Waals surface area contributed by atoms with Crippen LogP contribution in [-0.4, -0.2) is 22.4 Å². The minimum absolute atomic E-state index is 0.150. The topological polar surface area (TPSA) is 49.4 Å².